The van der Waals surface area contributed by atoms with Gasteiger partial charge in [-0.2, -0.15) is 0 Å². The Morgan fingerprint density at radius 1 is 1.33 bits per heavy atom. The molecule has 0 radical (unpaired) electrons. The molecule has 100 valence electrons. The number of rotatable bonds is 4. The van der Waals surface area contributed by atoms with Gasteiger partial charge in [0.05, 0.1) is 5.54 Å². The van der Waals surface area contributed by atoms with Crippen LogP contribution in [0.2, 0.25) is 0 Å². The van der Waals surface area contributed by atoms with Crippen molar-refractivity contribution in [1.29, 1.82) is 0 Å². The van der Waals surface area contributed by atoms with Gasteiger partial charge in [0.2, 0.25) is 0 Å². The molecule has 0 amide bonds. The Bertz CT molecular complexity index is 363. The van der Waals surface area contributed by atoms with E-state index in [1.54, 1.807) is 0 Å². The van der Waals surface area contributed by atoms with E-state index in [1.165, 1.54) is 18.4 Å². The van der Waals surface area contributed by atoms with Crippen molar-refractivity contribution in [2.45, 2.75) is 45.2 Å². The van der Waals surface area contributed by atoms with Crippen LogP contribution in [0, 0.1) is 0 Å². The molecule has 1 aliphatic rings. The van der Waals surface area contributed by atoms with Crippen molar-refractivity contribution >= 4 is 0 Å². The lowest BCUT2D eigenvalue weighted by atomic mass is 9.86. The zero-order valence-electron chi connectivity index (χ0n) is 11.9. The first-order valence-corrected chi connectivity index (χ1v) is 7.21. The van der Waals surface area contributed by atoms with E-state index in [2.05, 4.69) is 61.3 Å². The summed E-state index contributed by atoms with van der Waals surface area (Å²) in [5.41, 5.74) is 1.56. The molecular weight excluding hydrogens is 220 g/mol. The molecule has 2 heteroatoms. The Kier molecular flexibility index (Phi) is 4.41. The van der Waals surface area contributed by atoms with Gasteiger partial charge in [0.1, 0.15) is 0 Å². The van der Waals surface area contributed by atoms with E-state index in [-0.39, 0.29) is 5.54 Å². The minimum Gasteiger partial charge on any atom is -0.313 e. The first kappa shape index (κ1) is 13.6. The Balaban J connectivity index is 2.26. The molecule has 2 nitrogen and oxygen atoms in total. The van der Waals surface area contributed by atoms with Crippen LogP contribution >= 0.6 is 0 Å². The minimum absolute atomic E-state index is 0.133. The van der Waals surface area contributed by atoms with Crippen molar-refractivity contribution < 1.29 is 0 Å². The van der Waals surface area contributed by atoms with Crippen LogP contribution in [0.4, 0.5) is 0 Å². The predicted molar refractivity (Wildman–Crippen MR) is 77.7 cm³/mol. The molecule has 2 atom stereocenters. The molecule has 1 fully saturated rings. The van der Waals surface area contributed by atoms with E-state index in [9.17, 15) is 0 Å². The highest BCUT2D eigenvalue weighted by atomic mass is 15.3. The van der Waals surface area contributed by atoms with Crippen molar-refractivity contribution in [3.8, 4) is 0 Å². The SMILES string of the molecule is CCCC(C)N1CCNCC1(C)c1ccccc1. The first-order chi connectivity index (χ1) is 8.68. The Morgan fingerprint density at radius 2 is 2.06 bits per heavy atom. The second-order valence-corrected chi connectivity index (χ2v) is 5.65. The zero-order chi connectivity index (χ0) is 13.0. The van der Waals surface area contributed by atoms with Crippen LogP contribution in [-0.4, -0.2) is 30.6 Å². The average Bonchev–Trinajstić information content (AvgIpc) is 2.40. The molecule has 0 bridgehead atoms. The van der Waals surface area contributed by atoms with E-state index in [4.69, 9.17) is 0 Å². The maximum atomic E-state index is 3.56. The summed E-state index contributed by atoms with van der Waals surface area (Å²) in [6.07, 6.45) is 2.54. The zero-order valence-corrected chi connectivity index (χ0v) is 11.9. The first-order valence-electron chi connectivity index (χ1n) is 7.21. The summed E-state index contributed by atoms with van der Waals surface area (Å²) < 4.78 is 0. The highest BCUT2D eigenvalue weighted by molar-refractivity contribution is 5.25. The van der Waals surface area contributed by atoms with Gasteiger partial charge in [-0.05, 0) is 25.8 Å². The van der Waals surface area contributed by atoms with Gasteiger partial charge in [0.25, 0.3) is 0 Å². The number of piperazine rings is 1. The van der Waals surface area contributed by atoms with E-state index in [1.807, 2.05) is 0 Å². The van der Waals surface area contributed by atoms with E-state index in [0.29, 0.717) is 6.04 Å². The fourth-order valence-corrected chi connectivity index (χ4v) is 3.23. The summed E-state index contributed by atoms with van der Waals surface area (Å²) in [6.45, 7) is 10.3. The second-order valence-electron chi connectivity index (χ2n) is 5.65. The van der Waals surface area contributed by atoms with Crippen molar-refractivity contribution in [3.63, 3.8) is 0 Å². The van der Waals surface area contributed by atoms with Gasteiger partial charge in [-0.15, -0.1) is 0 Å². The van der Waals surface area contributed by atoms with Gasteiger partial charge < -0.3 is 5.32 Å². The smallest absolute Gasteiger partial charge is 0.0560 e. The quantitative estimate of drug-likeness (QED) is 0.878. The summed E-state index contributed by atoms with van der Waals surface area (Å²) in [5.74, 6) is 0. The van der Waals surface area contributed by atoms with Crippen LogP contribution in [0.15, 0.2) is 30.3 Å². The Hall–Kier alpha value is -0.860. The highest BCUT2D eigenvalue weighted by Crippen LogP contribution is 2.32. The summed E-state index contributed by atoms with van der Waals surface area (Å²) in [6, 6.07) is 11.6. The highest BCUT2D eigenvalue weighted by Gasteiger charge is 2.37. The summed E-state index contributed by atoms with van der Waals surface area (Å²) in [4.78, 5) is 2.68. The number of hydrogen-bond donors (Lipinski definition) is 1. The van der Waals surface area contributed by atoms with Crippen LogP contribution in [0.5, 0.6) is 0 Å². The topological polar surface area (TPSA) is 15.3 Å². The van der Waals surface area contributed by atoms with Crippen LogP contribution in [0.25, 0.3) is 0 Å². The van der Waals surface area contributed by atoms with Crippen LogP contribution in [-0.2, 0) is 5.54 Å². The molecule has 1 aromatic carbocycles. The lowest BCUT2D eigenvalue weighted by molar-refractivity contribution is 0.0322. The maximum Gasteiger partial charge on any atom is 0.0560 e. The van der Waals surface area contributed by atoms with Crippen molar-refractivity contribution in [3.05, 3.63) is 35.9 Å². The molecule has 2 rings (SSSR count). The average molecular weight is 246 g/mol. The summed E-state index contributed by atoms with van der Waals surface area (Å²) in [7, 11) is 0. The molecular formula is C16H26N2. The molecule has 0 aromatic heterocycles. The van der Waals surface area contributed by atoms with E-state index in [0.717, 1.165) is 19.6 Å². The maximum absolute atomic E-state index is 3.56. The molecule has 2 unspecified atom stereocenters. The Labute approximate surface area is 111 Å². The monoisotopic (exact) mass is 246 g/mol. The van der Waals surface area contributed by atoms with Gasteiger partial charge in [0, 0.05) is 25.7 Å². The molecule has 1 aromatic rings. The number of benzene rings is 1. The number of hydrogen-bond acceptors (Lipinski definition) is 2. The molecule has 18 heavy (non-hydrogen) atoms. The van der Waals surface area contributed by atoms with Gasteiger partial charge in [0.15, 0.2) is 0 Å². The van der Waals surface area contributed by atoms with Gasteiger partial charge >= 0.3 is 0 Å². The minimum atomic E-state index is 0.133. The lowest BCUT2D eigenvalue weighted by Gasteiger charge is -2.49. The standard InChI is InChI=1S/C16H26N2/c1-4-8-14(2)18-12-11-17-13-16(18,3)15-9-6-5-7-10-15/h5-7,9-10,14,17H,4,8,11-13H2,1-3H3. The van der Waals surface area contributed by atoms with E-state index >= 15 is 0 Å². The van der Waals surface area contributed by atoms with Crippen molar-refractivity contribution in [2.24, 2.45) is 0 Å². The molecule has 1 saturated heterocycles. The van der Waals surface area contributed by atoms with Crippen molar-refractivity contribution in [2.75, 3.05) is 19.6 Å². The molecule has 0 saturated carbocycles. The van der Waals surface area contributed by atoms with Gasteiger partial charge in [-0.25, -0.2) is 0 Å². The summed E-state index contributed by atoms with van der Waals surface area (Å²) >= 11 is 0. The lowest BCUT2D eigenvalue weighted by Crippen LogP contribution is -2.60. The third-order valence-electron chi connectivity index (χ3n) is 4.27. The molecule has 1 heterocycles. The molecule has 1 N–H and O–H groups in total. The largest absolute Gasteiger partial charge is 0.313 e. The fraction of sp³-hybridized carbons (Fsp3) is 0.625. The predicted octanol–water partition coefficient (Wildman–Crippen LogP) is 3.00. The summed E-state index contributed by atoms with van der Waals surface area (Å²) in [5, 5.41) is 3.56. The van der Waals surface area contributed by atoms with Crippen LogP contribution < -0.4 is 5.32 Å². The van der Waals surface area contributed by atoms with Crippen LogP contribution in [0.1, 0.15) is 39.2 Å². The normalized spacial score (nSPS) is 27.1. The molecule has 0 aliphatic carbocycles. The molecule has 1 aliphatic heterocycles. The Morgan fingerprint density at radius 3 is 2.72 bits per heavy atom. The third kappa shape index (κ3) is 2.60. The molecule has 0 spiro atoms. The number of nitrogens with zero attached hydrogens (tertiary/aromatic N) is 1. The fourth-order valence-electron chi connectivity index (χ4n) is 3.23. The number of nitrogens with one attached hydrogen (secondary N) is 1. The van der Waals surface area contributed by atoms with E-state index < -0.39 is 0 Å². The van der Waals surface area contributed by atoms with Crippen LogP contribution in [0.3, 0.4) is 0 Å². The van der Waals surface area contributed by atoms with Gasteiger partial charge in [-0.3, -0.25) is 4.90 Å². The van der Waals surface area contributed by atoms with Gasteiger partial charge in [-0.1, -0.05) is 43.7 Å². The van der Waals surface area contributed by atoms with Crippen molar-refractivity contribution in [1.82, 2.24) is 10.2 Å². The second kappa shape index (κ2) is 5.85. The third-order valence-corrected chi connectivity index (χ3v) is 4.27.